The van der Waals surface area contributed by atoms with Crippen LogP contribution in [0.1, 0.15) is 58.4 Å². The number of aliphatic hydroxyl groups is 1. The van der Waals surface area contributed by atoms with Crippen LogP contribution in [0, 0.1) is 17.8 Å². The lowest BCUT2D eigenvalue weighted by molar-refractivity contribution is -0.114. The molecule has 0 bridgehead atoms. The van der Waals surface area contributed by atoms with Crippen LogP contribution in [0.2, 0.25) is 0 Å². The van der Waals surface area contributed by atoms with E-state index in [0.29, 0.717) is 33.7 Å². The number of nitrogens with zero attached hydrogens (tertiary/aromatic N) is 2. The van der Waals surface area contributed by atoms with Crippen molar-refractivity contribution in [3.8, 4) is 0 Å². The average molecular weight is 521 g/mol. The average Bonchev–Trinajstić information content (AvgIpc) is 3.27. The molecule has 0 aliphatic heterocycles. The molecule has 1 N–H and O–H groups in total. The number of ketones is 1. The van der Waals surface area contributed by atoms with E-state index in [2.05, 4.69) is 11.7 Å². The maximum Gasteiger partial charge on any atom is 0.186 e. The topological polar surface area (TPSA) is 75.2 Å². The van der Waals surface area contributed by atoms with Gasteiger partial charge < -0.3 is 9.52 Å². The lowest BCUT2D eigenvalue weighted by atomic mass is 9.71. The van der Waals surface area contributed by atoms with Crippen LogP contribution in [-0.4, -0.2) is 10.9 Å². The molecular weight excluding hydrogens is 484 g/mol. The van der Waals surface area contributed by atoms with Gasteiger partial charge in [0.15, 0.2) is 11.5 Å². The van der Waals surface area contributed by atoms with Gasteiger partial charge in [0.1, 0.15) is 17.0 Å². The van der Waals surface area contributed by atoms with Gasteiger partial charge in [-0.3, -0.25) is 4.79 Å². The second-order valence-corrected chi connectivity index (χ2v) is 11.9. The van der Waals surface area contributed by atoms with E-state index in [1.807, 2.05) is 103 Å². The second-order valence-electron chi connectivity index (χ2n) is 11.9. The molecule has 1 aliphatic rings. The number of hydrogen-bond donors (Lipinski definition) is 1. The Balaban J connectivity index is 2.00. The maximum atomic E-state index is 13.6. The molecule has 1 heterocycles. The SMILES string of the molecule is C=C/C=C(\O)c1ccc2oc(C(N=Nc3ccccc3C)=C3C=C(C(C)(C)C)C(=O)C(C(C)(C)C)=C3)cc2c1. The Morgan fingerprint density at radius 2 is 1.59 bits per heavy atom. The van der Waals surface area contributed by atoms with Gasteiger partial charge in [-0.1, -0.05) is 72.4 Å². The Morgan fingerprint density at radius 1 is 0.949 bits per heavy atom. The van der Waals surface area contributed by atoms with Crippen LogP contribution in [0.15, 0.2) is 111 Å². The number of azo groups is 1. The number of furan rings is 1. The fourth-order valence-electron chi connectivity index (χ4n) is 4.44. The summed E-state index contributed by atoms with van der Waals surface area (Å²) in [6, 6.07) is 15.2. The number of Topliss-reactive ketones (excluding diaryl/α,β-unsaturated/α-hetero) is 1. The normalized spacial score (nSPS) is 15.1. The third-order valence-electron chi connectivity index (χ3n) is 6.67. The lowest BCUT2D eigenvalue weighted by Gasteiger charge is -2.31. The van der Waals surface area contributed by atoms with Crippen molar-refractivity contribution >= 4 is 33.9 Å². The van der Waals surface area contributed by atoms with Crippen molar-refractivity contribution in [1.29, 1.82) is 0 Å². The highest BCUT2D eigenvalue weighted by Gasteiger charge is 2.35. The molecule has 1 aromatic heterocycles. The molecule has 2 aromatic carbocycles. The molecule has 0 amide bonds. The van der Waals surface area contributed by atoms with E-state index in [9.17, 15) is 9.90 Å². The summed E-state index contributed by atoms with van der Waals surface area (Å²) < 4.78 is 6.29. The van der Waals surface area contributed by atoms with Crippen LogP contribution in [0.3, 0.4) is 0 Å². The summed E-state index contributed by atoms with van der Waals surface area (Å²) in [4.78, 5) is 13.6. The van der Waals surface area contributed by atoms with E-state index in [4.69, 9.17) is 9.53 Å². The number of carbonyl (C=O) groups is 1. The first kappa shape index (κ1) is 27.8. The van der Waals surface area contributed by atoms with E-state index in [-0.39, 0.29) is 22.4 Å². The molecule has 0 atom stereocenters. The minimum atomic E-state index is -0.372. The van der Waals surface area contributed by atoms with Crippen molar-refractivity contribution < 1.29 is 14.3 Å². The lowest BCUT2D eigenvalue weighted by Crippen LogP contribution is -2.28. The second kappa shape index (κ2) is 10.5. The first-order chi connectivity index (χ1) is 18.3. The highest BCUT2D eigenvalue weighted by Crippen LogP contribution is 2.41. The molecule has 3 aromatic rings. The third kappa shape index (κ3) is 5.93. The third-order valence-corrected chi connectivity index (χ3v) is 6.67. The fraction of sp³-hybridized carbons (Fsp3) is 0.265. The first-order valence-electron chi connectivity index (χ1n) is 13.1. The number of allylic oxidation sites excluding steroid dienone is 7. The van der Waals surface area contributed by atoms with Crippen LogP contribution in [0.25, 0.3) is 22.4 Å². The molecule has 0 saturated carbocycles. The number of aliphatic hydroxyl groups excluding tert-OH is 1. The molecular formula is C34H36N2O3. The number of rotatable bonds is 5. The molecule has 0 fully saturated rings. The Morgan fingerprint density at radius 3 is 2.18 bits per heavy atom. The predicted octanol–water partition coefficient (Wildman–Crippen LogP) is 9.85. The summed E-state index contributed by atoms with van der Waals surface area (Å²) in [7, 11) is 0. The first-order valence-corrected chi connectivity index (χ1v) is 13.1. The number of aryl methyl sites for hydroxylation is 1. The molecule has 5 nitrogen and oxygen atoms in total. The smallest absolute Gasteiger partial charge is 0.186 e. The van der Waals surface area contributed by atoms with Crippen LogP contribution < -0.4 is 0 Å². The summed E-state index contributed by atoms with van der Waals surface area (Å²) in [5, 5.41) is 20.5. The van der Waals surface area contributed by atoms with Crippen LogP contribution in [0.4, 0.5) is 5.69 Å². The number of benzene rings is 2. The molecule has 4 rings (SSSR count). The van der Waals surface area contributed by atoms with Gasteiger partial charge >= 0.3 is 0 Å². The van der Waals surface area contributed by atoms with Crippen molar-refractivity contribution in [2.24, 2.45) is 21.1 Å². The van der Waals surface area contributed by atoms with Gasteiger partial charge in [0.05, 0.1) is 5.69 Å². The van der Waals surface area contributed by atoms with Crippen LogP contribution >= 0.6 is 0 Å². The number of carbonyl (C=O) groups excluding carboxylic acids is 1. The highest BCUT2D eigenvalue weighted by atomic mass is 16.3. The molecule has 0 saturated heterocycles. The number of hydrogen-bond acceptors (Lipinski definition) is 5. The Bertz CT molecular complexity index is 1570. The highest BCUT2D eigenvalue weighted by molar-refractivity contribution is 6.12. The summed E-state index contributed by atoms with van der Waals surface area (Å²) in [5.74, 6) is 0.687. The maximum absolute atomic E-state index is 13.6. The van der Waals surface area contributed by atoms with Crippen molar-refractivity contribution in [1.82, 2.24) is 0 Å². The van der Waals surface area contributed by atoms with Gasteiger partial charge in [0, 0.05) is 27.7 Å². The quantitative estimate of drug-likeness (QED) is 0.207. The van der Waals surface area contributed by atoms with E-state index < -0.39 is 0 Å². The van der Waals surface area contributed by atoms with Gasteiger partial charge in [-0.25, -0.2) is 0 Å². The Kier molecular flexibility index (Phi) is 7.47. The molecule has 39 heavy (non-hydrogen) atoms. The summed E-state index contributed by atoms with van der Waals surface area (Å²) in [6.07, 6.45) is 6.92. The Labute approximate surface area is 230 Å². The monoisotopic (exact) mass is 520 g/mol. The largest absolute Gasteiger partial charge is 0.507 e. The van der Waals surface area contributed by atoms with E-state index in [1.54, 1.807) is 12.1 Å². The zero-order valence-corrected chi connectivity index (χ0v) is 23.8. The summed E-state index contributed by atoms with van der Waals surface area (Å²) in [5.41, 5.74) is 5.02. The molecule has 0 spiro atoms. The summed E-state index contributed by atoms with van der Waals surface area (Å²) in [6.45, 7) is 17.9. The zero-order chi connectivity index (χ0) is 28.5. The summed E-state index contributed by atoms with van der Waals surface area (Å²) >= 11 is 0. The zero-order valence-electron chi connectivity index (χ0n) is 23.8. The van der Waals surface area contributed by atoms with Gasteiger partial charge in [0.2, 0.25) is 0 Å². The molecule has 5 heteroatoms. The van der Waals surface area contributed by atoms with E-state index in [1.165, 1.54) is 6.08 Å². The van der Waals surface area contributed by atoms with Crippen LogP contribution in [0.5, 0.6) is 0 Å². The minimum absolute atomic E-state index is 0.0488. The van der Waals surface area contributed by atoms with Crippen LogP contribution in [-0.2, 0) is 4.79 Å². The van der Waals surface area contributed by atoms with Crippen molar-refractivity contribution in [2.45, 2.75) is 48.5 Å². The van der Waals surface area contributed by atoms with Crippen molar-refractivity contribution in [2.75, 3.05) is 0 Å². The van der Waals surface area contributed by atoms with Gasteiger partial charge in [-0.15, -0.1) is 5.11 Å². The van der Waals surface area contributed by atoms with Crippen molar-refractivity contribution in [3.63, 3.8) is 0 Å². The minimum Gasteiger partial charge on any atom is -0.507 e. The van der Waals surface area contributed by atoms with Crippen molar-refractivity contribution in [3.05, 3.63) is 113 Å². The van der Waals surface area contributed by atoms with E-state index >= 15 is 0 Å². The molecule has 1 aliphatic carbocycles. The molecule has 200 valence electrons. The predicted molar refractivity (Wildman–Crippen MR) is 160 cm³/mol. The molecule has 0 radical (unpaired) electrons. The van der Waals surface area contributed by atoms with Gasteiger partial charge in [-0.05, 0) is 71.9 Å². The Hall–Kier alpha value is -4.25. The molecule has 0 unspecified atom stereocenters. The fourth-order valence-corrected chi connectivity index (χ4v) is 4.44. The standard InChI is InChI=1S/C34H36N2O3/c1-9-12-28(37)22-15-16-29-23(17-22)20-30(39-29)31(36-35-27-14-11-10-13-21(27)2)24-18-25(33(3,4)5)32(38)26(19-24)34(6,7)8/h9-20,37H,1H2,2-8H3/b28-12-,36-35?. The number of fused-ring (bicyclic) bond motifs is 1. The van der Waals surface area contributed by atoms with Gasteiger partial charge in [-0.2, -0.15) is 5.11 Å². The van der Waals surface area contributed by atoms with Gasteiger partial charge in [0.25, 0.3) is 0 Å². The van der Waals surface area contributed by atoms with E-state index in [0.717, 1.165) is 22.2 Å².